The first-order valence-corrected chi connectivity index (χ1v) is 5.85. The molecule has 2 fully saturated rings. The van der Waals surface area contributed by atoms with Gasteiger partial charge in [0.1, 0.15) is 0 Å². The molecule has 1 spiro atoms. The Morgan fingerprint density at radius 1 is 1.12 bits per heavy atom. The summed E-state index contributed by atoms with van der Waals surface area (Å²) in [4.78, 5) is 0. The highest BCUT2D eigenvalue weighted by Gasteiger charge is 2.60. The Morgan fingerprint density at radius 2 is 1.81 bits per heavy atom. The van der Waals surface area contributed by atoms with Crippen LogP contribution in [0.5, 0.6) is 0 Å². The molecule has 1 aromatic carbocycles. The minimum Gasteiger partial charge on any atom is -0.167 e. The predicted octanol–water partition coefficient (Wildman–Crippen LogP) is 3.18. The van der Waals surface area contributed by atoms with Crippen molar-refractivity contribution in [2.24, 2.45) is 15.6 Å². The zero-order valence-electron chi connectivity index (χ0n) is 9.39. The van der Waals surface area contributed by atoms with E-state index in [-0.39, 0.29) is 5.41 Å². The van der Waals surface area contributed by atoms with Crippen molar-refractivity contribution in [3.05, 3.63) is 35.9 Å². The smallest absolute Gasteiger partial charge is 0.0376 e. The van der Waals surface area contributed by atoms with Crippen LogP contribution in [0.1, 0.15) is 31.2 Å². The quantitative estimate of drug-likeness (QED) is 0.543. The molecule has 82 valence electrons. The van der Waals surface area contributed by atoms with Crippen molar-refractivity contribution >= 4 is 12.9 Å². The van der Waals surface area contributed by atoms with Gasteiger partial charge < -0.3 is 0 Å². The molecule has 0 atom stereocenters. The number of hydrogen-bond donors (Lipinski definition) is 0. The highest BCUT2D eigenvalue weighted by Crippen LogP contribution is 2.68. The van der Waals surface area contributed by atoms with Gasteiger partial charge in [0.2, 0.25) is 0 Å². The summed E-state index contributed by atoms with van der Waals surface area (Å²) in [5.41, 5.74) is 2.17. The first kappa shape index (κ1) is 9.76. The van der Waals surface area contributed by atoms with Crippen LogP contribution < -0.4 is 0 Å². The molecule has 2 heteroatoms. The first-order valence-electron chi connectivity index (χ1n) is 5.85. The molecule has 0 aliphatic heterocycles. The molecule has 2 aliphatic carbocycles. The van der Waals surface area contributed by atoms with E-state index < -0.39 is 0 Å². The lowest BCUT2D eigenvalue weighted by molar-refractivity contribution is 0.188. The lowest BCUT2D eigenvalue weighted by Gasteiger charge is -2.46. The van der Waals surface area contributed by atoms with Gasteiger partial charge in [0.05, 0.1) is 0 Å². The highest BCUT2D eigenvalue weighted by atomic mass is 15.2. The molecule has 0 aromatic heterocycles. The highest BCUT2D eigenvalue weighted by molar-refractivity contribution is 5.76. The molecule has 2 aliphatic rings. The fourth-order valence-electron chi connectivity index (χ4n) is 3.11. The SMILES string of the molecule is C=NN=CC1(c2ccccc2)CC2(CC2)C1. The summed E-state index contributed by atoms with van der Waals surface area (Å²) in [6.45, 7) is 3.42. The molecular weight excluding hydrogens is 196 g/mol. The lowest BCUT2D eigenvalue weighted by atomic mass is 9.57. The molecule has 0 unspecified atom stereocenters. The number of rotatable bonds is 3. The number of nitrogens with zero attached hydrogens (tertiary/aromatic N) is 2. The van der Waals surface area contributed by atoms with E-state index in [1.54, 1.807) is 0 Å². The topological polar surface area (TPSA) is 24.7 Å². The maximum absolute atomic E-state index is 4.02. The zero-order chi connectivity index (χ0) is 11.1. The van der Waals surface area contributed by atoms with E-state index >= 15 is 0 Å². The van der Waals surface area contributed by atoms with Gasteiger partial charge in [-0.3, -0.25) is 0 Å². The molecule has 0 saturated heterocycles. The standard InChI is InChI=1S/C14H16N2/c1-15-16-11-14(9-13(10-14)7-8-13)12-5-3-2-4-6-12/h2-6,11H,1,7-10H2. The van der Waals surface area contributed by atoms with Crippen LogP contribution in [-0.2, 0) is 5.41 Å². The third-order valence-electron chi connectivity index (χ3n) is 4.07. The molecule has 2 saturated carbocycles. The maximum atomic E-state index is 4.02. The summed E-state index contributed by atoms with van der Waals surface area (Å²) in [5, 5.41) is 7.64. The lowest BCUT2D eigenvalue weighted by Crippen LogP contribution is -2.44. The van der Waals surface area contributed by atoms with Crippen LogP contribution >= 0.6 is 0 Å². The molecule has 0 N–H and O–H groups in total. The molecule has 2 nitrogen and oxygen atoms in total. The monoisotopic (exact) mass is 212 g/mol. The summed E-state index contributed by atoms with van der Waals surface area (Å²) in [5.74, 6) is 0. The van der Waals surface area contributed by atoms with E-state index in [0.29, 0.717) is 5.41 Å². The largest absolute Gasteiger partial charge is 0.167 e. The van der Waals surface area contributed by atoms with E-state index in [0.717, 1.165) is 0 Å². The van der Waals surface area contributed by atoms with Crippen LogP contribution in [0.15, 0.2) is 40.5 Å². The fraction of sp³-hybridized carbons (Fsp3) is 0.429. The Morgan fingerprint density at radius 3 is 2.38 bits per heavy atom. The minimum atomic E-state index is 0.138. The zero-order valence-corrected chi connectivity index (χ0v) is 9.39. The van der Waals surface area contributed by atoms with Gasteiger partial charge in [0.15, 0.2) is 0 Å². The second-order valence-electron chi connectivity index (χ2n) is 5.26. The van der Waals surface area contributed by atoms with Gasteiger partial charge in [-0.05, 0) is 36.7 Å². The first-order chi connectivity index (χ1) is 7.79. The van der Waals surface area contributed by atoms with Gasteiger partial charge in [-0.1, -0.05) is 30.3 Å². The van der Waals surface area contributed by atoms with Crippen LogP contribution in [0.2, 0.25) is 0 Å². The Kier molecular flexibility index (Phi) is 2.00. The summed E-state index contributed by atoms with van der Waals surface area (Å²) < 4.78 is 0. The Balaban J connectivity index is 1.91. The number of hydrogen-bond acceptors (Lipinski definition) is 2. The molecule has 16 heavy (non-hydrogen) atoms. The second kappa shape index (κ2) is 3.27. The summed E-state index contributed by atoms with van der Waals surface area (Å²) >= 11 is 0. The van der Waals surface area contributed by atoms with Crippen LogP contribution in [0.25, 0.3) is 0 Å². The average molecular weight is 212 g/mol. The Bertz CT molecular complexity index is 421. The third-order valence-corrected chi connectivity index (χ3v) is 4.07. The van der Waals surface area contributed by atoms with Crippen molar-refractivity contribution in [3.63, 3.8) is 0 Å². The van der Waals surface area contributed by atoms with E-state index in [1.807, 2.05) is 6.21 Å². The molecule has 3 rings (SSSR count). The summed E-state index contributed by atoms with van der Waals surface area (Å²) in [6.07, 6.45) is 7.28. The fourth-order valence-corrected chi connectivity index (χ4v) is 3.11. The van der Waals surface area contributed by atoms with E-state index in [4.69, 9.17) is 0 Å². The normalized spacial score (nSPS) is 24.2. The molecule has 1 aromatic rings. The molecular formula is C14H16N2. The van der Waals surface area contributed by atoms with Crippen LogP contribution in [0.3, 0.4) is 0 Å². The van der Waals surface area contributed by atoms with Gasteiger partial charge in [0.25, 0.3) is 0 Å². The van der Waals surface area contributed by atoms with Gasteiger partial charge in [-0.2, -0.15) is 10.2 Å². The molecule has 0 radical (unpaired) electrons. The average Bonchev–Trinajstić information content (AvgIpc) is 3.06. The summed E-state index contributed by atoms with van der Waals surface area (Å²) in [7, 11) is 0. The molecule has 0 amide bonds. The van der Waals surface area contributed by atoms with Gasteiger partial charge in [0, 0.05) is 18.3 Å². The van der Waals surface area contributed by atoms with Crippen LogP contribution in [0, 0.1) is 5.41 Å². The van der Waals surface area contributed by atoms with Crippen molar-refractivity contribution < 1.29 is 0 Å². The predicted molar refractivity (Wildman–Crippen MR) is 67.1 cm³/mol. The Hall–Kier alpha value is -1.44. The minimum absolute atomic E-state index is 0.138. The van der Waals surface area contributed by atoms with E-state index in [2.05, 4.69) is 47.3 Å². The van der Waals surface area contributed by atoms with Crippen molar-refractivity contribution in [2.45, 2.75) is 31.1 Å². The van der Waals surface area contributed by atoms with Crippen molar-refractivity contribution in [3.8, 4) is 0 Å². The number of benzene rings is 1. The maximum Gasteiger partial charge on any atom is 0.0376 e. The van der Waals surface area contributed by atoms with Crippen molar-refractivity contribution in [1.82, 2.24) is 0 Å². The van der Waals surface area contributed by atoms with Gasteiger partial charge in [-0.25, -0.2) is 0 Å². The van der Waals surface area contributed by atoms with Crippen LogP contribution in [0.4, 0.5) is 0 Å². The molecule has 0 bridgehead atoms. The van der Waals surface area contributed by atoms with Gasteiger partial charge >= 0.3 is 0 Å². The van der Waals surface area contributed by atoms with E-state index in [9.17, 15) is 0 Å². The second-order valence-corrected chi connectivity index (χ2v) is 5.26. The summed E-state index contributed by atoms with van der Waals surface area (Å²) in [6, 6.07) is 10.7. The van der Waals surface area contributed by atoms with Crippen LogP contribution in [-0.4, -0.2) is 12.9 Å². The van der Waals surface area contributed by atoms with E-state index in [1.165, 1.54) is 31.2 Å². The third kappa shape index (κ3) is 1.41. The van der Waals surface area contributed by atoms with Crippen molar-refractivity contribution in [1.29, 1.82) is 0 Å². The Labute approximate surface area is 96.1 Å². The molecule has 0 heterocycles. The van der Waals surface area contributed by atoms with Crippen molar-refractivity contribution in [2.75, 3.05) is 0 Å². The van der Waals surface area contributed by atoms with Gasteiger partial charge in [-0.15, -0.1) is 0 Å².